The zero-order chi connectivity index (χ0) is 23.9. The average molecular weight is 491 g/mol. The largest absolute Gasteiger partial charge is 0.361 e. The zero-order valence-electron chi connectivity index (χ0n) is 20.0. The van der Waals surface area contributed by atoms with E-state index in [2.05, 4.69) is 45.4 Å². The highest BCUT2D eigenvalue weighted by Crippen LogP contribution is 2.28. The molecule has 0 unspecified atom stereocenters. The van der Waals surface area contributed by atoms with Crippen molar-refractivity contribution in [2.45, 2.75) is 51.9 Å². The van der Waals surface area contributed by atoms with Crippen LogP contribution in [0.25, 0.3) is 15.9 Å². The summed E-state index contributed by atoms with van der Waals surface area (Å²) in [6, 6.07) is 6.40. The van der Waals surface area contributed by atoms with Gasteiger partial charge in [-0.2, -0.15) is 4.52 Å². The fourth-order valence-corrected chi connectivity index (χ4v) is 6.37. The molecule has 35 heavy (non-hydrogen) atoms. The number of nitrogens with zero attached hydrogens (tertiary/aromatic N) is 4. The second kappa shape index (κ2) is 9.11. The molecule has 182 valence electrons. The monoisotopic (exact) mass is 490 g/mol. The number of hydrogen-bond donors (Lipinski definition) is 2. The van der Waals surface area contributed by atoms with E-state index in [9.17, 15) is 9.59 Å². The predicted molar refractivity (Wildman–Crippen MR) is 138 cm³/mol. The third kappa shape index (κ3) is 4.22. The number of benzene rings is 1. The van der Waals surface area contributed by atoms with Crippen molar-refractivity contribution < 1.29 is 4.79 Å². The summed E-state index contributed by atoms with van der Waals surface area (Å²) in [6.45, 7) is 4.17. The van der Waals surface area contributed by atoms with Gasteiger partial charge in [0.05, 0.1) is 11.6 Å². The first kappa shape index (κ1) is 22.3. The van der Waals surface area contributed by atoms with Gasteiger partial charge >= 0.3 is 0 Å². The first-order valence-corrected chi connectivity index (χ1v) is 13.4. The lowest BCUT2D eigenvalue weighted by atomic mass is 9.97. The van der Waals surface area contributed by atoms with Crippen molar-refractivity contribution in [2.24, 2.45) is 5.92 Å². The van der Waals surface area contributed by atoms with Gasteiger partial charge in [-0.25, -0.2) is 4.98 Å². The second-order valence-corrected chi connectivity index (χ2v) is 10.8. The Labute approximate surface area is 207 Å². The third-order valence-electron chi connectivity index (χ3n) is 7.35. The van der Waals surface area contributed by atoms with Crippen LogP contribution >= 0.6 is 11.3 Å². The van der Waals surface area contributed by atoms with Crippen LogP contribution < -0.4 is 15.8 Å². The minimum absolute atomic E-state index is 0.0222. The maximum Gasteiger partial charge on any atom is 0.278 e. The molecule has 2 N–H and O–H groups in total. The Hall–Kier alpha value is -3.20. The van der Waals surface area contributed by atoms with Crippen LogP contribution in [0.15, 0.2) is 29.2 Å². The van der Waals surface area contributed by atoms with Gasteiger partial charge in [-0.15, -0.1) is 5.10 Å². The van der Waals surface area contributed by atoms with E-state index < -0.39 is 0 Å². The molecule has 9 heteroatoms. The minimum Gasteiger partial charge on any atom is -0.361 e. The summed E-state index contributed by atoms with van der Waals surface area (Å²) in [6.07, 6.45) is 8.42. The number of H-pyrrole nitrogens is 1. The van der Waals surface area contributed by atoms with Gasteiger partial charge in [0.25, 0.3) is 5.56 Å². The molecule has 1 atom stereocenters. The summed E-state index contributed by atoms with van der Waals surface area (Å²) in [4.78, 5) is 36.8. The van der Waals surface area contributed by atoms with Crippen LogP contribution in [0, 0.1) is 12.8 Å². The van der Waals surface area contributed by atoms with E-state index in [1.54, 1.807) is 0 Å². The van der Waals surface area contributed by atoms with E-state index in [-0.39, 0.29) is 17.4 Å². The molecule has 3 aromatic heterocycles. The lowest BCUT2D eigenvalue weighted by molar-refractivity contribution is -0.125. The summed E-state index contributed by atoms with van der Waals surface area (Å²) in [7, 11) is 0. The Balaban J connectivity index is 1.12. The molecule has 1 aliphatic carbocycles. The van der Waals surface area contributed by atoms with Crippen molar-refractivity contribution in [3.63, 3.8) is 0 Å². The predicted octanol–water partition coefficient (Wildman–Crippen LogP) is 3.39. The van der Waals surface area contributed by atoms with Gasteiger partial charge in [-0.05, 0) is 69.6 Å². The standard InChI is InChI=1S/C26H30N6O2S/c1-16-8-9-21-20(13-16)17(14-28-21)10-11-27-23(33)18-5-4-12-31(15-18)26-30-32-24(34)19-6-2-3-7-22(19)29-25(32)35-26/h8-9,13-14,18,28H,2-7,10-12,15H2,1H3,(H,27,33)/t18-/m0/s1. The highest BCUT2D eigenvalue weighted by atomic mass is 32.1. The number of fused-ring (bicyclic) bond motifs is 3. The molecule has 1 amide bonds. The number of carbonyl (C=O) groups excluding carboxylic acids is 1. The molecule has 1 aromatic carbocycles. The first-order chi connectivity index (χ1) is 17.1. The summed E-state index contributed by atoms with van der Waals surface area (Å²) in [5, 5.41) is 9.78. The normalized spacial score (nSPS) is 18.2. The van der Waals surface area contributed by atoms with Crippen molar-refractivity contribution >= 4 is 38.2 Å². The van der Waals surface area contributed by atoms with Crippen LogP contribution in [-0.4, -0.2) is 45.1 Å². The van der Waals surface area contributed by atoms with Gasteiger partial charge in [0, 0.05) is 42.3 Å². The van der Waals surface area contributed by atoms with Gasteiger partial charge in [0.2, 0.25) is 16.0 Å². The number of piperidine rings is 1. The number of aromatic nitrogens is 4. The lowest BCUT2D eigenvalue weighted by Gasteiger charge is -2.31. The Morgan fingerprint density at radius 2 is 2.14 bits per heavy atom. The van der Waals surface area contributed by atoms with Gasteiger partial charge in [0.15, 0.2) is 0 Å². The van der Waals surface area contributed by atoms with Crippen molar-refractivity contribution in [3.05, 3.63) is 57.1 Å². The molecular weight excluding hydrogens is 460 g/mol. The number of rotatable bonds is 5. The van der Waals surface area contributed by atoms with Crippen molar-refractivity contribution in [1.82, 2.24) is 24.9 Å². The zero-order valence-corrected chi connectivity index (χ0v) is 20.8. The lowest BCUT2D eigenvalue weighted by Crippen LogP contribution is -2.43. The number of aryl methyl sites for hydroxylation is 2. The molecule has 1 aliphatic heterocycles. The fraction of sp³-hybridized carbons (Fsp3) is 0.462. The Morgan fingerprint density at radius 3 is 3.06 bits per heavy atom. The van der Waals surface area contributed by atoms with Crippen LogP contribution in [-0.2, 0) is 24.1 Å². The van der Waals surface area contributed by atoms with Crippen molar-refractivity contribution in [1.29, 1.82) is 0 Å². The molecule has 0 radical (unpaired) electrons. The van der Waals surface area contributed by atoms with Gasteiger partial charge in [0.1, 0.15) is 0 Å². The average Bonchev–Trinajstić information content (AvgIpc) is 3.48. The summed E-state index contributed by atoms with van der Waals surface area (Å²) < 4.78 is 1.47. The number of amides is 1. The molecule has 1 saturated heterocycles. The topological polar surface area (TPSA) is 95.4 Å². The molecule has 0 spiro atoms. The fourth-order valence-electron chi connectivity index (χ4n) is 5.42. The maximum absolute atomic E-state index is 13.0. The third-order valence-corrected chi connectivity index (χ3v) is 8.32. The van der Waals surface area contributed by atoms with Crippen molar-refractivity contribution in [3.8, 4) is 0 Å². The van der Waals surface area contributed by atoms with Crippen LogP contribution in [0.5, 0.6) is 0 Å². The van der Waals surface area contributed by atoms with Gasteiger partial charge in [-0.1, -0.05) is 23.0 Å². The van der Waals surface area contributed by atoms with E-state index in [0.717, 1.165) is 73.4 Å². The maximum atomic E-state index is 13.0. The Morgan fingerprint density at radius 1 is 1.26 bits per heavy atom. The number of nitrogens with one attached hydrogen (secondary N) is 2. The number of hydrogen-bond acceptors (Lipinski definition) is 6. The molecule has 4 heterocycles. The summed E-state index contributed by atoms with van der Waals surface area (Å²) in [5.74, 6) is 0.0106. The smallest absolute Gasteiger partial charge is 0.278 e. The summed E-state index contributed by atoms with van der Waals surface area (Å²) >= 11 is 1.45. The van der Waals surface area contributed by atoms with Gasteiger partial charge < -0.3 is 15.2 Å². The Kier molecular flexibility index (Phi) is 5.80. The minimum atomic E-state index is -0.0844. The summed E-state index contributed by atoms with van der Waals surface area (Å²) in [5.41, 5.74) is 5.34. The van der Waals surface area contributed by atoms with E-state index in [4.69, 9.17) is 4.98 Å². The molecule has 2 aliphatic rings. The van der Waals surface area contributed by atoms with Crippen LogP contribution in [0.1, 0.15) is 48.1 Å². The van der Waals surface area contributed by atoms with Crippen LogP contribution in [0.3, 0.4) is 0 Å². The molecule has 0 bridgehead atoms. The molecule has 4 aromatic rings. The number of aromatic amines is 1. The van der Waals surface area contributed by atoms with Gasteiger partial charge in [-0.3, -0.25) is 9.59 Å². The number of anilines is 1. The van der Waals surface area contributed by atoms with Crippen molar-refractivity contribution in [2.75, 3.05) is 24.5 Å². The van der Waals surface area contributed by atoms with E-state index >= 15 is 0 Å². The van der Waals surface area contributed by atoms with E-state index in [1.807, 2.05) is 6.20 Å². The molecule has 8 nitrogen and oxygen atoms in total. The van der Waals surface area contributed by atoms with E-state index in [0.29, 0.717) is 18.1 Å². The highest BCUT2D eigenvalue weighted by molar-refractivity contribution is 7.20. The quantitative estimate of drug-likeness (QED) is 0.447. The highest BCUT2D eigenvalue weighted by Gasteiger charge is 2.28. The molecule has 1 fully saturated rings. The molecule has 0 saturated carbocycles. The molecule has 6 rings (SSSR count). The SMILES string of the molecule is Cc1ccc2[nH]cc(CCNC(=O)[C@H]3CCCN(c4nn5c(=O)c6c(nc5s4)CCCC6)C3)c2c1. The van der Waals surface area contributed by atoms with Crippen LogP contribution in [0.4, 0.5) is 5.13 Å². The molecular formula is C26H30N6O2S. The van der Waals surface area contributed by atoms with Crippen LogP contribution in [0.2, 0.25) is 0 Å². The first-order valence-electron chi connectivity index (χ1n) is 12.6. The Bertz CT molecular complexity index is 1470. The number of carbonyl (C=O) groups is 1. The second-order valence-electron chi connectivity index (χ2n) is 9.82. The van der Waals surface area contributed by atoms with E-state index in [1.165, 1.54) is 32.4 Å².